The Morgan fingerprint density at radius 3 is 2.24 bits per heavy atom. The van der Waals surface area contributed by atoms with Crippen LogP contribution in [0.15, 0.2) is 0 Å². The third-order valence-electron chi connectivity index (χ3n) is 2.93. The molecule has 0 aromatic carbocycles. The zero-order valence-corrected chi connectivity index (χ0v) is 15.4. The first-order valence-corrected chi connectivity index (χ1v) is 8.31. The summed E-state index contributed by atoms with van der Waals surface area (Å²) in [6.07, 6.45) is 1.89. The number of nitrogens with one attached hydrogen (secondary N) is 2. The molecule has 2 amide bonds. The van der Waals surface area contributed by atoms with Crippen LogP contribution < -0.4 is 22.1 Å². The van der Waals surface area contributed by atoms with Crippen LogP contribution in [0.1, 0.15) is 50.5 Å². The highest BCUT2D eigenvalue weighted by Crippen LogP contribution is 2.17. The number of amides is 2. The minimum Gasteiger partial charge on any atom is -0.444 e. The highest BCUT2D eigenvalue weighted by molar-refractivity contribution is 6.31. The minimum absolute atomic E-state index is 0.0202. The third-order valence-corrected chi connectivity index (χ3v) is 3.21. The predicted molar refractivity (Wildman–Crippen MR) is 96.3 cm³/mol. The number of nitrogens with two attached hydrogens (primary N) is 2. The number of unbranched alkanes of at least 4 members (excludes halogenated alkanes) is 2. The van der Waals surface area contributed by atoms with Crippen LogP contribution in [0.25, 0.3) is 0 Å². The number of carbonyl (C=O) groups is 2. The summed E-state index contributed by atoms with van der Waals surface area (Å²) in [7, 11) is 0. The molecule has 0 bridgehead atoms. The van der Waals surface area contributed by atoms with Crippen molar-refractivity contribution in [2.45, 2.75) is 45.6 Å². The summed E-state index contributed by atoms with van der Waals surface area (Å²) >= 11 is 5.74. The van der Waals surface area contributed by atoms with E-state index in [2.05, 4.69) is 20.6 Å². The van der Waals surface area contributed by atoms with Gasteiger partial charge in [0.05, 0.1) is 0 Å². The van der Waals surface area contributed by atoms with E-state index in [-0.39, 0.29) is 22.5 Å². The Morgan fingerprint density at radius 1 is 1.04 bits per heavy atom. The van der Waals surface area contributed by atoms with E-state index < -0.39 is 17.6 Å². The molecule has 0 saturated carbocycles. The molecule has 0 unspecified atom stereocenters. The van der Waals surface area contributed by atoms with Gasteiger partial charge in [-0.05, 0) is 40.0 Å². The molecular weight excluding hydrogens is 348 g/mol. The molecule has 0 fully saturated rings. The van der Waals surface area contributed by atoms with E-state index in [1.54, 1.807) is 20.8 Å². The molecule has 0 aliphatic carbocycles. The highest BCUT2D eigenvalue weighted by Gasteiger charge is 2.16. The molecule has 10 heteroatoms. The molecule has 1 aromatic heterocycles. The first-order valence-electron chi connectivity index (χ1n) is 7.93. The van der Waals surface area contributed by atoms with E-state index in [4.69, 9.17) is 27.8 Å². The normalized spacial score (nSPS) is 11.0. The number of nitrogens with zero attached hydrogens (tertiary/aromatic N) is 2. The Balaban J connectivity index is 2.21. The zero-order valence-electron chi connectivity index (χ0n) is 14.7. The lowest BCUT2D eigenvalue weighted by atomic mass is 10.2. The summed E-state index contributed by atoms with van der Waals surface area (Å²) in [5.41, 5.74) is 10.5. The van der Waals surface area contributed by atoms with Crippen molar-refractivity contribution in [1.29, 1.82) is 0 Å². The monoisotopic (exact) mass is 372 g/mol. The van der Waals surface area contributed by atoms with Gasteiger partial charge in [-0.25, -0.2) is 14.8 Å². The molecule has 1 heterocycles. The molecule has 0 aliphatic heterocycles. The fourth-order valence-electron chi connectivity index (χ4n) is 1.83. The maximum Gasteiger partial charge on any atom is 0.407 e. The second kappa shape index (κ2) is 9.26. The summed E-state index contributed by atoms with van der Waals surface area (Å²) < 4.78 is 5.12. The van der Waals surface area contributed by atoms with E-state index >= 15 is 0 Å². The van der Waals surface area contributed by atoms with Crippen molar-refractivity contribution in [3.05, 3.63) is 10.8 Å². The number of carbonyl (C=O) groups excluding carboxylic acids is 2. The van der Waals surface area contributed by atoms with Crippen LogP contribution in [-0.4, -0.2) is 40.7 Å². The molecule has 1 aromatic rings. The summed E-state index contributed by atoms with van der Waals surface area (Å²) in [6.45, 7) is 6.37. The quantitative estimate of drug-likeness (QED) is 0.533. The van der Waals surface area contributed by atoms with Gasteiger partial charge in [0.15, 0.2) is 22.5 Å². The maximum atomic E-state index is 12.0. The van der Waals surface area contributed by atoms with Crippen molar-refractivity contribution in [2.24, 2.45) is 0 Å². The van der Waals surface area contributed by atoms with Crippen molar-refractivity contribution in [1.82, 2.24) is 20.6 Å². The zero-order chi connectivity index (χ0) is 19.0. The number of alkyl carbamates (subject to hydrolysis) is 1. The number of rotatable bonds is 7. The smallest absolute Gasteiger partial charge is 0.407 e. The number of aromatic nitrogens is 2. The Labute approximate surface area is 151 Å². The largest absolute Gasteiger partial charge is 0.444 e. The van der Waals surface area contributed by atoms with E-state index in [9.17, 15) is 9.59 Å². The molecule has 0 aliphatic rings. The van der Waals surface area contributed by atoms with Gasteiger partial charge in [-0.1, -0.05) is 11.6 Å². The van der Waals surface area contributed by atoms with Crippen LogP contribution in [0, 0.1) is 0 Å². The van der Waals surface area contributed by atoms with Gasteiger partial charge in [0.1, 0.15) is 5.60 Å². The molecule has 25 heavy (non-hydrogen) atoms. The summed E-state index contributed by atoms with van der Waals surface area (Å²) in [4.78, 5) is 31.0. The topological polar surface area (TPSA) is 145 Å². The Kier molecular flexibility index (Phi) is 7.69. The fourth-order valence-corrected chi connectivity index (χ4v) is 1.95. The Bertz CT molecular complexity index is 618. The molecule has 0 saturated heterocycles. The SMILES string of the molecule is CC(C)(C)OC(=O)NCCCCCNC(=O)c1nc(Cl)c(N)nc1N. The molecule has 140 valence electrons. The van der Waals surface area contributed by atoms with Gasteiger partial charge in [-0.2, -0.15) is 0 Å². The average Bonchev–Trinajstić information content (AvgIpc) is 2.47. The summed E-state index contributed by atoms with van der Waals surface area (Å²) in [6, 6.07) is 0. The highest BCUT2D eigenvalue weighted by atomic mass is 35.5. The third kappa shape index (κ3) is 7.88. The number of hydrogen-bond acceptors (Lipinski definition) is 7. The number of nitrogen functional groups attached to an aromatic ring is 2. The van der Waals surface area contributed by atoms with Gasteiger partial charge < -0.3 is 26.8 Å². The first kappa shape index (κ1) is 20.8. The Hall–Kier alpha value is -2.29. The van der Waals surface area contributed by atoms with Crippen LogP contribution >= 0.6 is 11.6 Å². The van der Waals surface area contributed by atoms with Gasteiger partial charge in [0.25, 0.3) is 5.91 Å². The average molecular weight is 373 g/mol. The lowest BCUT2D eigenvalue weighted by Crippen LogP contribution is -2.33. The minimum atomic E-state index is -0.510. The molecule has 0 atom stereocenters. The second-order valence-corrected chi connectivity index (χ2v) is 6.74. The van der Waals surface area contributed by atoms with Crippen LogP contribution in [0.5, 0.6) is 0 Å². The molecular formula is C15H25ClN6O3. The lowest BCUT2D eigenvalue weighted by Gasteiger charge is -2.19. The molecule has 1 rings (SSSR count). The summed E-state index contributed by atoms with van der Waals surface area (Å²) in [5.74, 6) is -0.548. The molecule has 0 radical (unpaired) electrons. The summed E-state index contributed by atoms with van der Waals surface area (Å²) in [5, 5.41) is 5.30. The van der Waals surface area contributed by atoms with Gasteiger partial charge in [-0.15, -0.1) is 0 Å². The van der Waals surface area contributed by atoms with Gasteiger partial charge in [0.2, 0.25) is 0 Å². The number of ether oxygens (including phenoxy) is 1. The predicted octanol–water partition coefficient (Wildman–Crippen LogP) is 1.72. The van der Waals surface area contributed by atoms with Gasteiger partial charge in [-0.3, -0.25) is 4.79 Å². The van der Waals surface area contributed by atoms with Crippen LogP contribution in [0.3, 0.4) is 0 Å². The van der Waals surface area contributed by atoms with Crippen molar-refractivity contribution in [2.75, 3.05) is 24.6 Å². The molecule has 6 N–H and O–H groups in total. The number of anilines is 2. The van der Waals surface area contributed by atoms with Crippen LogP contribution in [0.4, 0.5) is 16.4 Å². The lowest BCUT2D eigenvalue weighted by molar-refractivity contribution is 0.0527. The standard InChI is InChI=1S/C15H25ClN6O3/c1-15(2,3)25-14(24)20-8-6-4-5-7-19-13(23)9-11(17)22-12(18)10(16)21-9/h4-8H2,1-3H3,(H,19,23)(H,20,24)(H4,17,18,22). The van der Waals surface area contributed by atoms with Gasteiger partial charge >= 0.3 is 6.09 Å². The van der Waals surface area contributed by atoms with Gasteiger partial charge in [0, 0.05) is 13.1 Å². The maximum absolute atomic E-state index is 12.0. The second-order valence-electron chi connectivity index (χ2n) is 6.38. The number of hydrogen-bond donors (Lipinski definition) is 4. The van der Waals surface area contributed by atoms with Crippen LogP contribution in [-0.2, 0) is 4.74 Å². The van der Waals surface area contributed by atoms with E-state index in [0.717, 1.165) is 19.3 Å². The van der Waals surface area contributed by atoms with Crippen molar-refractivity contribution in [3.8, 4) is 0 Å². The van der Waals surface area contributed by atoms with E-state index in [1.807, 2.05) is 0 Å². The number of halogens is 1. The molecule has 9 nitrogen and oxygen atoms in total. The van der Waals surface area contributed by atoms with E-state index in [1.165, 1.54) is 0 Å². The Morgan fingerprint density at radius 2 is 1.64 bits per heavy atom. The van der Waals surface area contributed by atoms with Crippen molar-refractivity contribution >= 4 is 35.2 Å². The van der Waals surface area contributed by atoms with Crippen molar-refractivity contribution < 1.29 is 14.3 Å². The van der Waals surface area contributed by atoms with Crippen LogP contribution in [0.2, 0.25) is 5.15 Å². The van der Waals surface area contributed by atoms with E-state index in [0.29, 0.717) is 13.1 Å². The fraction of sp³-hybridized carbons (Fsp3) is 0.600. The first-order chi connectivity index (χ1) is 11.6. The molecule has 0 spiro atoms. The van der Waals surface area contributed by atoms with Crippen molar-refractivity contribution in [3.63, 3.8) is 0 Å².